The normalized spacial score (nSPS) is 17.0. The Hall–Kier alpha value is -1.35. The van der Waals surface area contributed by atoms with E-state index >= 15 is 0 Å². The molecule has 0 bridgehead atoms. The molecule has 1 atom stereocenters. The summed E-state index contributed by atoms with van der Waals surface area (Å²) in [4.78, 5) is 4.83. The summed E-state index contributed by atoms with van der Waals surface area (Å²) in [6.45, 7) is 4.33. The van der Waals surface area contributed by atoms with E-state index in [0.717, 1.165) is 17.8 Å². The maximum atomic E-state index is 6.37. The topological polar surface area (TPSA) is 43.8 Å². The van der Waals surface area contributed by atoms with Crippen LogP contribution in [0.4, 0.5) is 0 Å². The lowest BCUT2D eigenvalue weighted by atomic mass is 10.1. The van der Waals surface area contributed by atoms with E-state index in [4.69, 9.17) is 10.7 Å². The maximum absolute atomic E-state index is 6.37. The smallest absolute Gasteiger partial charge is 0.127 e. The van der Waals surface area contributed by atoms with E-state index in [9.17, 15) is 0 Å². The third kappa shape index (κ3) is 2.39. The van der Waals surface area contributed by atoms with Crippen LogP contribution in [0, 0.1) is 6.92 Å². The number of hydrogen-bond donors (Lipinski definition) is 1. The Morgan fingerprint density at radius 3 is 2.89 bits per heavy atom. The number of rotatable bonds is 5. The van der Waals surface area contributed by atoms with Crippen molar-refractivity contribution < 1.29 is 0 Å². The number of nitrogens with two attached hydrogens (primary N) is 1. The standard InChI is InChI=1S/C16H23N3/c1-3-4-5-13(17)16-18-14-10-11(2)6-9-15(14)19(16)12-7-8-12/h6,9-10,12-13H,3-5,7-8,17H2,1-2H3. The Morgan fingerprint density at radius 1 is 1.42 bits per heavy atom. The van der Waals surface area contributed by atoms with Crippen LogP contribution in [0.5, 0.6) is 0 Å². The van der Waals surface area contributed by atoms with Crippen molar-refractivity contribution in [3.05, 3.63) is 29.6 Å². The summed E-state index contributed by atoms with van der Waals surface area (Å²) in [6.07, 6.45) is 5.94. The number of benzene rings is 1. The zero-order valence-electron chi connectivity index (χ0n) is 11.9. The van der Waals surface area contributed by atoms with Crippen LogP contribution in [0.15, 0.2) is 18.2 Å². The Morgan fingerprint density at radius 2 is 2.21 bits per heavy atom. The molecule has 1 saturated carbocycles. The molecule has 0 radical (unpaired) electrons. The molecule has 1 unspecified atom stereocenters. The Bertz CT molecular complexity index is 581. The van der Waals surface area contributed by atoms with Gasteiger partial charge >= 0.3 is 0 Å². The number of nitrogens with zero attached hydrogens (tertiary/aromatic N) is 2. The highest BCUT2D eigenvalue weighted by atomic mass is 15.1. The highest BCUT2D eigenvalue weighted by Crippen LogP contribution is 2.40. The number of unbranched alkanes of at least 4 members (excludes halogenated alkanes) is 1. The van der Waals surface area contributed by atoms with Crippen LogP contribution < -0.4 is 5.73 Å². The van der Waals surface area contributed by atoms with Crippen molar-refractivity contribution in [2.45, 2.75) is 58.0 Å². The lowest BCUT2D eigenvalue weighted by Gasteiger charge is -2.13. The fourth-order valence-corrected chi connectivity index (χ4v) is 2.76. The molecule has 1 aromatic heterocycles. The molecule has 0 amide bonds. The molecule has 1 aliphatic rings. The second-order valence-corrected chi connectivity index (χ2v) is 5.81. The molecule has 1 heterocycles. The minimum Gasteiger partial charge on any atom is -0.324 e. The highest BCUT2D eigenvalue weighted by Gasteiger charge is 2.29. The summed E-state index contributed by atoms with van der Waals surface area (Å²) in [5.74, 6) is 1.09. The first-order chi connectivity index (χ1) is 9.20. The quantitative estimate of drug-likeness (QED) is 0.883. The van der Waals surface area contributed by atoms with Crippen molar-refractivity contribution in [1.82, 2.24) is 9.55 Å². The second-order valence-electron chi connectivity index (χ2n) is 5.81. The summed E-state index contributed by atoms with van der Waals surface area (Å²) in [7, 11) is 0. The van der Waals surface area contributed by atoms with E-state index in [2.05, 4.69) is 36.6 Å². The summed E-state index contributed by atoms with van der Waals surface area (Å²) < 4.78 is 2.40. The Balaban J connectivity index is 2.04. The fraction of sp³-hybridized carbons (Fsp3) is 0.562. The molecule has 2 N–H and O–H groups in total. The van der Waals surface area contributed by atoms with Crippen molar-refractivity contribution in [2.24, 2.45) is 5.73 Å². The molecule has 1 fully saturated rings. The van der Waals surface area contributed by atoms with Gasteiger partial charge in [0, 0.05) is 6.04 Å². The van der Waals surface area contributed by atoms with Gasteiger partial charge in [0.2, 0.25) is 0 Å². The van der Waals surface area contributed by atoms with Gasteiger partial charge in [0.05, 0.1) is 17.1 Å². The number of imidazole rings is 1. The molecule has 3 rings (SSSR count). The van der Waals surface area contributed by atoms with E-state index in [1.807, 2.05) is 0 Å². The zero-order valence-corrected chi connectivity index (χ0v) is 11.9. The zero-order chi connectivity index (χ0) is 13.4. The van der Waals surface area contributed by atoms with Gasteiger partial charge in [0.1, 0.15) is 5.82 Å². The van der Waals surface area contributed by atoms with Gasteiger partial charge in [-0.05, 0) is 43.9 Å². The van der Waals surface area contributed by atoms with Crippen molar-refractivity contribution in [3.63, 3.8) is 0 Å². The lowest BCUT2D eigenvalue weighted by Crippen LogP contribution is -2.16. The van der Waals surface area contributed by atoms with Gasteiger partial charge in [-0.25, -0.2) is 4.98 Å². The average molecular weight is 257 g/mol. The third-order valence-electron chi connectivity index (χ3n) is 3.98. The Labute approximate surface area is 114 Å². The molecular formula is C16H23N3. The second kappa shape index (κ2) is 4.97. The summed E-state index contributed by atoms with van der Waals surface area (Å²) in [6, 6.07) is 7.25. The molecular weight excluding hydrogens is 234 g/mol. The SMILES string of the molecule is CCCCC(N)c1nc2cc(C)ccc2n1C1CC1. The molecule has 0 aliphatic heterocycles. The van der Waals surface area contributed by atoms with Gasteiger partial charge in [0.25, 0.3) is 0 Å². The predicted molar refractivity (Wildman–Crippen MR) is 79.2 cm³/mol. The average Bonchev–Trinajstić information content (AvgIpc) is 3.16. The minimum absolute atomic E-state index is 0.0771. The maximum Gasteiger partial charge on any atom is 0.127 e. The van der Waals surface area contributed by atoms with Gasteiger partial charge in [0.15, 0.2) is 0 Å². The van der Waals surface area contributed by atoms with E-state index in [0.29, 0.717) is 6.04 Å². The van der Waals surface area contributed by atoms with E-state index in [1.165, 1.54) is 36.8 Å². The highest BCUT2D eigenvalue weighted by molar-refractivity contribution is 5.77. The van der Waals surface area contributed by atoms with Gasteiger partial charge in [-0.1, -0.05) is 25.8 Å². The summed E-state index contributed by atoms with van der Waals surface area (Å²) >= 11 is 0. The van der Waals surface area contributed by atoms with Crippen LogP contribution in [-0.2, 0) is 0 Å². The van der Waals surface area contributed by atoms with Crippen LogP contribution in [-0.4, -0.2) is 9.55 Å². The first-order valence-electron chi connectivity index (χ1n) is 7.44. The Kier molecular flexibility index (Phi) is 3.31. The number of hydrogen-bond acceptors (Lipinski definition) is 2. The molecule has 3 heteroatoms. The first kappa shape index (κ1) is 12.7. The molecule has 102 valence electrons. The van der Waals surface area contributed by atoms with E-state index in [1.54, 1.807) is 0 Å². The van der Waals surface area contributed by atoms with Gasteiger partial charge in [-0.2, -0.15) is 0 Å². The number of aromatic nitrogens is 2. The van der Waals surface area contributed by atoms with Crippen LogP contribution in [0.1, 0.15) is 62.5 Å². The lowest BCUT2D eigenvalue weighted by molar-refractivity contribution is 0.543. The molecule has 3 nitrogen and oxygen atoms in total. The molecule has 1 aliphatic carbocycles. The predicted octanol–water partition coefficient (Wildman–Crippen LogP) is 3.87. The van der Waals surface area contributed by atoms with Crippen LogP contribution in [0.2, 0.25) is 0 Å². The molecule has 0 spiro atoms. The summed E-state index contributed by atoms with van der Waals surface area (Å²) in [5, 5.41) is 0. The van der Waals surface area contributed by atoms with Gasteiger partial charge < -0.3 is 10.3 Å². The van der Waals surface area contributed by atoms with Crippen LogP contribution >= 0.6 is 0 Å². The molecule has 0 saturated heterocycles. The number of aryl methyl sites for hydroxylation is 1. The molecule has 19 heavy (non-hydrogen) atoms. The van der Waals surface area contributed by atoms with Crippen molar-refractivity contribution in [2.75, 3.05) is 0 Å². The minimum atomic E-state index is 0.0771. The van der Waals surface area contributed by atoms with E-state index in [-0.39, 0.29) is 6.04 Å². The molecule has 2 aromatic rings. The molecule has 1 aromatic carbocycles. The van der Waals surface area contributed by atoms with Crippen molar-refractivity contribution >= 4 is 11.0 Å². The van der Waals surface area contributed by atoms with Crippen molar-refractivity contribution in [1.29, 1.82) is 0 Å². The van der Waals surface area contributed by atoms with Crippen LogP contribution in [0.3, 0.4) is 0 Å². The van der Waals surface area contributed by atoms with E-state index < -0.39 is 0 Å². The monoisotopic (exact) mass is 257 g/mol. The van der Waals surface area contributed by atoms with Crippen molar-refractivity contribution in [3.8, 4) is 0 Å². The third-order valence-corrected chi connectivity index (χ3v) is 3.98. The first-order valence-corrected chi connectivity index (χ1v) is 7.44. The van der Waals surface area contributed by atoms with Gasteiger partial charge in [-0.3, -0.25) is 0 Å². The summed E-state index contributed by atoms with van der Waals surface area (Å²) in [5.41, 5.74) is 10.00. The fourth-order valence-electron chi connectivity index (χ4n) is 2.76. The largest absolute Gasteiger partial charge is 0.324 e. The van der Waals surface area contributed by atoms with Crippen LogP contribution in [0.25, 0.3) is 11.0 Å². The van der Waals surface area contributed by atoms with Gasteiger partial charge in [-0.15, -0.1) is 0 Å². The number of fused-ring (bicyclic) bond motifs is 1.